The molecule has 4 heteroatoms. The van der Waals surface area contributed by atoms with Crippen LogP contribution in [0.1, 0.15) is 97.0 Å². The molecule has 0 aliphatic rings. The number of benzene rings is 1. The average molecular weight is 411 g/mol. The van der Waals surface area contributed by atoms with Gasteiger partial charge in [-0.2, -0.15) is 8.42 Å². The van der Waals surface area contributed by atoms with E-state index in [4.69, 9.17) is 4.18 Å². The fourth-order valence-electron chi connectivity index (χ4n) is 3.47. The molecule has 0 saturated carbocycles. The molecule has 0 aliphatic carbocycles. The monoisotopic (exact) mass is 410 g/mol. The van der Waals surface area contributed by atoms with Crippen LogP contribution in [-0.2, 0) is 14.3 Å². The van der Waals surface area contributed by atoms with Gasteiger partial charge in [-0.25, -0.2) is 0 Å². The standard InChI is InChI=1S/C24H42O3S/c1-5-6-7-8-9-10-11-13-21(2)14-12-15-23(4)20-27-28(25,26)24-18-16-22(3)17-19-24/h16-19,21,23H,5-15,20H2,1-4H3/t21-,23+/m1/s1. The van der Waals surface area contributed by atoms with Crippen LogP contribution in [0, 0.1) is 18.8 Å². The fraction of sp³-hybridized carbons (Fsp3) is 0.750. The van der Waals surface area contributed by atoms with E-state index in [2.05, 4.69) is 20.8 Å². The molecule has 0 unspecified atom stereocenters. The van der Waals surface area contributed by atoms with Crippen LogP contribution >= 0.6 is 0 Å². The third-order valence-electron chi connectivity index (χ3n) is 5.51. The minimum absolute atomic E-state index is 0.244. The zero-order chi connectivity index (χ0) is 20.8. The van der Waals surface area contributed by atoms with E-state index < -0.39 is 10.1 Å². The Balaban J connectivity index is 2.12. The van der Waals surface area contributed by atoms with Crippen molar-refractivity contribution in [2.75, 3.05) is 6.61 Å². The van der Waals surface area contributed by atoms with Crippen LogP contribution in [0.4, 0.5) is 0 Å². The summed E-state index contributed by atoms with van der Waals surface area (Å²) in [6, 6.07) is 6.82. The quantitative estimate of drug-likeness (QED) is 0.212. The first-order valence-corrected chi connectivity index (χ1v) is 12.7. The highest BCUT2D eigenvalue weighted by Crippen LogP contribution is 2.20. The molecule has 3 nitrogen and oxygen atoms in total. The molecule has 0 saturated heterocycles. The average Bonchev–Trinajstić information content (AvgIpc) is 2.66. The van der Waals surface area contributed by atoms with E-state index in [9.17, 15) is 8.42 Å². The summed E-state index contributed by atoms with van der Waals surface area (Å²) >= 11 is 0. The molecule has 0 N–H and O–H groups in total. The molecule has 28 heavy (non-hydrogen) atoms. The Morgan fingerprint density at radius 2 is 1.32 bits per heavy atom. The fourth-order valence-corrected chi connectivity index (χ4v) is 4.49. The second-order valence-corrected chi connectivity index (χ2v) is 10.2. The van der Waals surface area contributed by atoms with Crippen molar-refractivity contribution in [3.8, 4) is 0 Å². The maximum atomic E-state index is 12.2. The largest absolute Gasteiger partial charge is 0.296 e. The van der Waals surface area contributed by atoms with Gasteiger partial charge in [0.25, 0.3) is 10.1 Å². The minimum Gasteiger partial charge on any atom is -0.266 e. The summed E-state index contributed by atoms with van der Waals surface area (Å²) in [5.74, 6) is 1.02. The van der Waals surface area contributed by atoms with Gasteiger partial charge in [-0.15, -0.1) is 0 Å². The summed E-state index contributed by atoms with van der Waals surface area (Å²) in [7, 11) is -3.64. The topological polar surface area (TPSA) is 43.4 Å². The molecule has 0 fully saturated rings. The highest BCUT2D eigenvalue weighted by atomic mass is 32.2. The Kier molecular flexibility index (Phi) is 12.7. The van der Waals surface area contributed by atoms with Crippen molar-refractivity contribution in [3.63, 3.8) is 0 Å². The van der Waals surface area contributed by atoms with Crippen molar-refractivity contribution in [1.82, 2.24) is 0 Å². The Morgan fingerprint density at radius 3 is 1.96 bits per heavy atom. The molecule has 0 heterocycles. The second-order valence-electron chi connectivity index (χ2n) is 8.60. The Bertz CT molecular complexity index is 607. The van der Waals surface area contributed by atoms with Crippen LogP contribution in [0.25, 0.3) is 0 Å². The summed E-state index contributed by atoms with van der Waals surface area (Å²) in [5.41, 5.74) is 1.04. The van der Waals surface area contributed by atoms with Crippen molar-refractivity contribution >= 4 is 10.1 Å². The maximum absolute atomic E-state index is 12.2. The third-order valence-corrected chi connectivity index (χ3v) is 6.81. The molecule has 0 amide bonds. The van der Waals surface area contributed by atoms with E-state index in [0.717, 1.165) is 24.3 Å². The van der Waals surface area contributed by atoms with E-state index in [1.807, 2.05) is 6.92 Å². The minimum atomic E-state index is -3.64. The lowest BCUT2D eigenvalue weighted by Gasteiger charge is -2.15. The number of aryl methyl sites for hydroxylation is 1. The van der Waals surface area contributed by atoms with Gasteiger partial charge in [-0.1, -0.05) is 103 Å². The van der Waals surface area contributed by atoms with Gasteiger partial charge in [-0.05, 0) is 37.3 Å². The normalized spacial score (nSPS) is 14.1. The molecule has 0 aromatic heterocycles. The lowest BCUT2D eigenvalue weighted by molar-refractivity contribution is 0.251. The molecule has 2 atom stereocenters. The Hall–Kier alpha value is -0.870. The van der Waals surface area contributed by atoms with E-state index in [1.165, 1.54) is 57.8 Å². The number of rotatable bonds is 16. The highest BCUT2D eigenvalue weighted by Gasteiger charge is 2.16. The van der Waals surface area contributed by atoms with Crippen LogP contribution in [0.15, 0.2) is 29.2 Å². The molecule has 162 valence electrons. The van der Waals surface area contributed by atoms with Crippen molar-refractivity contribution in [3.05, 3.63) is 29.8 Å². The van der Waals surface area contributed by atoms with Gasteiger partial charge >= 0.3 is 0 Å². The number of hydrogen-bond acceptors (Lipinski definition) is 3. The second kappa shape index (κ2) is 14.2. The zero-order valence-electron chi connectivity index (χ0n) is 18.6. The zero-order valence-corrected chi connectivity index (χ0v) is 19.4. The Morgan fingerprint density at radius 1 is 0.786 bits per heavy atom. The molecule has 0 radical (unpaired) electrons. The number of hydrogen-bond donors (Lipinski definition) is 0. The molecule has 0 aliphatic heterocycles. The van der Waals surface area contributed by atoms with E-state index in [1.54, 1.807) is 24.3 Å². The van der Waals surface area contributed by atoms with Gasteiger partial charge in [0.1, 0.15) is 0 Å². The molecule has 1 aromatic carbocycles. The lowest BCUT2D eigenvalue weighted by atomic mass is 9.94. The van der Waals surface area contributed by atoms with Gasteiger partial charge < -0.3 is 0 Å². The molecular weight excluding hydrogens is 368 g/mol. The van der Waals surface area contributed by atoms with Crippen LogP contribution in [-0.4, -0.2) is 15.0 Å². The molecule has 0 bridgehead atoms. The van der Waals surface area contributed by atoms with Crippen molar-refractivity contribution in [2.24, 2.45) is 11.8 Å². The predicted molar refractivity (Wildman–Crippen MR) is 119 cm³/mol. The van der Waals surface area contributed by atoms with E-state index >= 15 is 0 Å². The molecule has 0 spiro atoms. The summed E-state index contributed by atoms with van der Waals surface area (Å²) in [4.78, 5) is 0.244. The molecule has 1 aromatic rings. The highest BCUT2D eigenvalue weighted by molar-refractivity contribution is 7.86. The van der Waals surface area contributed by atoms with E-state index in [-0.39, 0.29) is 17.4 Å². The van der Waals surface area contributed by atoms with E-state index in [0.29, 0.717) is 0 Å². The third kappa shape index (κ3) is 11.2. The van der Waals surface area contributed by atoms with Crippen LogP contribution in [0.2, 0.25) is 0 Å². The Labute approximate surface area is 174 Å². The van der Waals surface area contributed by atoms with Gasteiger partial charge in [-0.3, -0.25) is 4.18 Å². The first-order chi connectivity index (χ1) is 13.3. The van der Waals surface area contributed by atoms with Gasteiger partial charge in [0.05, 0.1) is 11.5 Å². The number of unbranched alkanes of at least 4 members (excludes halogenated alkanes) is 6. The van der Waals surface area contributed by atoms with Crippen LogP contribution < -0.4 is 0 Å². The first kappa shape index (κ1) is 25.2. The smallest absolute Gasteiger partial charge is 0.266 e. The summed E-state index contributed by atoms with van der Waals surface area (Å²) in [6.45, 7) is 8.89. The predicted octanol–water partition coefficient (Wildman–Crippen LogP) is 7.28. The van der Waals surface area contributed by atoms with Crippen molar-refractivity contribution < 1.29 is 12.6 Å². The maximum Gasteiger partial charge on any atom is 0.296 e. The van der Waals surface area contributed by atoms with Crippen molar-refractivity contribution in [2.45, 2.75) is 103 Å². The van der Waals surface area contributed by atoms with Crippen molar-refractivity contribution in [1.29, 1.82) is 0 Å². The van der Waals surface area contributed by atoms with Gasteiger partial charge in [0, 0.05) is 0 Å². The SMILES string of the molecule is CCCCCCCCC[C@@H](C)CCC[C@H](C)COS(=O)(=O)c1ccc(C)cc1. The van der Waals surface area contributed by atoms with Crippen LogP contribution in [0.5, 0.6) is 0 Å². The summed E-state index contributed by atoms with van der Waals surface area (Å²) in [6.07, 6.45) is 14.3. The molecular formula is C24H42O3S. The van der Waals surface area contributed by atoms with Gasteiger partial charge in [0.15, 0.2) is 0 Å². The summed E-state index contributed by atoms with van der Waals surface area (Å²) < 4.78 is 29.7. The lowest BCUT2D eigenvalue weighted by Crippen LogP contribution is -2.13. The van der Waals surface area contributed by atoms with Gasteiger partial charge in [0.2, 0.25) is 0 Å². The molecule has 1 rings (SSSR count). The van der Waals surface area contributed by atoms with Crippen LogP contribution in [0.3, 0.4) is 0 Å². The summed E-state index contributed by atoms with van der Waals surface area (Å²) in [5, 5.41) is 0. The first-order valence-electron chi connectivity index (χ1n) is 11.3.